The first kappa shape index (κ1) is 15.3. The van der Waals surface area contributed by atoms with E-state index in [0.717, 1.165) is 51.9 Å². The second-order valence-electron chi connectivity index (χ2n) is 5.83. The maximum Gasteiger partial charge on any atom is 0.146 e. The lowest BCUT2D eigenvalue weighted by Crippen LogP contribution is -2.46. The molecule has 0 aliphatic carbocycles. The minimum absolute atomic E-state index is 0.0577. The molecule has 3 nitrogen and oxygen atoms in total. The maximum atomic E-state index is 12.3. The lowest BCUT2D eigenvalue weighted by Gasteiger charge is -2.42. The summed E-state index contributed by atoms with van der Waals surface area (Å²) in [5.41, 5.74) is -0.0577. The summed E-state index contributed by atoms with van der Waals surface area (Å²) in [5, 5.41) is 0.584. The van der Waals surface area contributed by atoms with Gasteiger partial charge in [0.15, 0.2) is 0 Å². The number of carbonyl (C=O) groups is 1. The van der Waals surface area contributed by atoms with Crippen molar-refractivity contribution in [3.05, 3.63) is 0 Å². The Labute approximate surface area is 120 Å². The SMILES string of the molecule is CCC(C)SCC(=O)C1CCOC2(CCOCC2)C1. The summed E-state index contributed by atoms with van der Waals surface area (Å²) in [5.74, 6) is 1.31. The molecule has 0 N–H and O–H groups in total. The summed E-state index contributed by atoms with van der Waals surface area (Å²) in [6.07, 6.45) is 4.86. The van der Waals surface area contributed by atoms with Crippen LogP contribution in [0.5, 0.6) is 0 Å². The number of rotatable bonds is 5. The van der Waals surface area contributed by atoms with Crippen molar-refractivity contribution in [3.8, 4) is 0 Å². The molecule has 0 aromatic rings. The molecule has 1 spiro atoms. The van der Waals surface area contributed by atoms with Crippen molar-refractivity contribution in [1.82, 2.24) is 0 Å². The maximum absolute atomic E-state index is 12.3. The number of hydrogen-bond donors (Lipinski definition) is 0. The standard InChI is InChI=1S/C15H26O3S/c1-3-12(2)19-11-14(16)13-4-7-18-15(10-13)5-8-17-9-6-15/h12-13H,3-11H2,1-2H3. The van der Waals surface area contributed by atoms with E-state index in [1.165, 1.54) is 0 Å². The largest absolute Gasteiger partial charge is 0.381 e. The van der Waals surface area contributed by atoms with Crippen molar-refractivity contribution in [1.29, 1.82) is 0 Å². The van der Waals surface area contributed by atoms with Crippen LogP contribution in [0.4, 0.5) is 0 Å². The number of carbonyl (C=O) groups excluding carboxylic acids is 1. The van der Waals surface area contributed by atoms with Crippen LogP contribution in [-0.2, 0) is 14.3 Å². The molecule has 2 aliphatic rings. The first-order valence-electron chi connectivity index (χ1n) is 7.51. The highest BCUT2D eigenvalue weighted by atomic mass is 32.2. The third-order valence-corrected chi connectivity index (χ3v) is 5.79. The average molecular weight is 286 g/mol. The molecule has 110 valence electrons. The van der Waals surface area contributed by atoms with Crippen LogP contribution in [0.25, 0.3) is 0 Å². The van der Waals surface area contributed by atoms with E-state index in [1.807, 2.05) is 0 Å². The fraction of sp³-hybridized carbons (Fsp3) is 0.933. The molecule has 4 heteroatoms. The zero-order valence-corrected chi connectivity index (χ0v) is 13.0. The lowest BCUT2D eigenvalue weighted by molar-refractivity contribution is -0.155. The summed E-state index contributed by atoms with van der Waals surface area (Å²) in [4.78, 5) is 12.3. The second-order valence-corrected chi connectivity index (χ2v) is 7.26. The van der Waals surface area contributed by atoms with Crippen molar-refractivity contribution in [2.45, 2.75) is 56.8 Å². The third-order valence-electron chi connectivity index (χ3n) is 4.44. The molecule has 2 unspecified atom stereocenters. The molecule has 2 saturated heterocycles. The summed E-state index contributed by atoms with van der Waals surface area (Å²) >= 11 is 1.80. The second kappa shape index (κ2) is 7.09. The van der Waals surface area contributed by atoms with E-state index >= 15 is 0 Å². The number of ketones is 1. The molecular formula is C15H26O3S. The van der Waals surface area contributed by atoms with Crippen LogP contribution in [0.2, 0.25) is 0 Å². The number of Topliss-reactive ketones (excluding diaryl/α,β-unsaturated/α-hetero) is 1. The van der Waals surface area contributed by atoms with Gasteiger partial charge in [-0.1, -0.05) is 13.8 Å². The fourth-order valence-electron chi connectivity index (χ4n) is 2.85. The van der Waals surface area contributed by atoms with Crippen molar-refractivity contribution in [3.63, 3.8) is 0 Å². The van der Waals surface area contributed by atoms with E-state index < -0.39 is 0 Å². The zero-order chi connectivity index (χ0) is 13.7. The molecule has 2 heterocycles. The Kier molecular flexibility index (Phi) is 5.72. The molecule has 2 fully saturated rings. The molecule has 19 heavy (non-hydrogen) atoms. The minimum atomic E-state index is -0.0577. The van der Waals surface area contributed by atoms with Gasteiger partial charge in [-0.15, -0.1) is 0 Å². The van der Waals surface area contributed by atoms with Gasteiger partial charge in [0.05, 0.1) is 11.4 Å². The van der Waals surface area contributed by atoms with E-state index in [2.05, 4.69) is 13.8 Å². The van der Waals surface area contributed by atoms with E-state index in [-0.39, 0.29) is 11.5 Å². The Morgan fingerprint density at radius 1 is 1.37 bits per heavy atom. The molecule has 0 aromatic heterocycles. The summed E-state index contributed by atoms with van der Waals surface area (Å²) in [6, 6.07) is 0. The molecular weight excluding hydrogens is 260 g/mol. The highest BCUT2D eigenvalue weighted by Crippen LogP contribution is 2.37. The zero-order valence-electron chi connectivity index (χ0n) is 12.2. The Balaban J connectivity index is 1.84. The average Bonchev–Trinajstić information content (AvgIpc) is 2.45. The quantitative estimate of drug-likeness (QED) is 0.778. The molecule has 2 aliphatic heterocycles. The summed E-state index contributed by atoms with van der Waals surface area (Å²) in [6.45, 7) is 6.67. The number of ether oxygens (including phenoxy) is 2. The Morgan fingerprint density at radius 3 is 2.79 bits per heavy atom. The molecule has 0 bridgehead atoms. The third kappa shape index (κ3) is 4.20. The van der Waals surface area contributed by atoms with Gasteiger partial charge in [0.25, 0.3) is 0 Å². The van der Waals surface area contributed by atoms with Crippen LogP contribution >= 0.6 is 11.8 Å². The molecule has 0 saturated carbocycles. The van der Waals surface area contributed by atoms with E-state index in [4.69, 9.17) is 9.47 Å². The molecule has 0 radical (unpaired) electrons. The predicted molar refractivity (Wildman–Crippen MR) is 78.7 cm³/mol. The predicted octanol–water partition coefficient (Wildman–Crippen LogP) is 3.06. The van der Waals surface area contributed by atoms with Crippen molar-refractivity contribution < 1.29 is 14.3 Å². The van der Waals surface area contributed by atoms with Crippen LogP contribution < -0.4 is 0 Å². The van der Waals surface area contributed by atoms with E-state index in [9.17, 15) is 4.79 Å². The minimum Gasteiger partial charge on any atom is -0.381 e. The van der Waals surface area contributed by atoms with E-state index in [0.29, 0.717) is 16.8 Å². The Bertz CT molecular complexity index is 294. The van der Waals surface area contributed by atoms with Crippen LogP contribution in [0.15, 0.2) is 0 Å². The first-order chi connectivity index (χ1) is 9.15. The highest BCUT2D eigenvalue weighted by molar-refractivity contribution is 8.00. The van der Waals surface area contributed by atoms with Gasteiger partial charge in [-0.2, -0.15) is 11.8 Å². The summed E-state index contributed by atoms with van der Waals surface area (Å²) in [7, 11) is 0. The van der Waals surface area contributed by atoms with Gasteiger partial charge in [-0.25, -0.2) is 0 Å². The van der Waals surface area contributed by atoms with Crippen molar-refractivity contribution >= 4 is 17.5 Å². The van der Waals surface area contributed by atoms with Gasteiger partial charge in [-0.05, 0) is 32.1 Å². The van der Waals surface area contributed by atoms with Crippen LogP contribution in [0.1, 0.15) is 46.0 Å². The lowest BCUT2D eigenvalue weighted by atomic mass is 9.79. The molecule has 2 rings (SSSR count). The van der Waals surface area contributed by atoms with Gasteiger partial charge < -0.3 is 9.47 Å². The van der Waals surface area contributed by atoms with Gasteiger partial charge in [0.1, 0.15) is 5.78 Å². The van der Waals surface area contributed by atoms with Gasteiger partial charge in [0, 0.05) is 31.0 Å². The number of hydrogen-bond acceptors (Lipinski definition) is 4. The normalized spacial score (nSPS) is 28.2. The molecule has 2 atom stereocenters. The smallest absolute Gasteiger partial charge is 0.146 e. The van der Waals surface area contributed by atoms with Crippen molar-refractivity contribution in [2.24, 2.45) is 5.92 Å². The van der Waals surface area contributed by atoms with Crippen LogP contribution in [0, 0.1) is 5.92 Å². The van der Waals surface area contributed by atoms with Crippen LogP contribution in [-0.4, -0.2) is 42.2 Å². The number of thioether (sulfide) groups is 1. The van der Waals surface area contributed by atoms with Gasteiger partial charge >= 0.3 is 0 Å². The highest BCUT2D eigenvalue weighted by Gasteiger charge is 2.40. The Hall–Kier alpha value is -0.0600. The van der Waals surface area contributed by atoms with Gasteiger partial charge in [0.2, 0.25) is 0 Å². The Morgan fingerprint density at radius 2 is 2.11 bits per heavy atom. The fourth-order valence-corrected chi connectivity index (χ4v) is 3.77. The van der Waals surface area contributed by atoms with Crippen molar-refractivity contribution in [2.75, 3.05) is 25.6 Å². The monoisotopic (exact) mass is 286 g/mol. The molecule has 0 amide bonds. The topological polar surface area (TPSA) is 35.5 Å². The van der Waals surface area contributed by atoms with Gasteiger partial charge in [-0.3, -0.25) is 4.79 Å². The molecule has 0 aromatic carbocycles. The summed E-state index contributed by atoms with van der Waals surface area (Å²) < 4.78 is 11.4. The van der Waals surface area contributed by atoms with Crippen LogP contribution in [0.3, 0.4) is 0 Å². The first-order valence-corrected chi connectivity index (χ1v) is 8.56. The van der Waals surface area contributed by atoms with E-state index in [1.54, 1.807) is 11.8 Å².